The number of fused-ring (bicyclic) bond motifs is 2. The van der Waals surface area contributed by atoms with Crippen LogP contribution in [0.15, 0.2) is 82.4 Å². The second-order valence-electron chi connectivity index (χ2n) is 9.58. The highest BCUT2D eigenvalue weighted by molar-refractivity contribution is 6.04. The van der Waals surface area contributed by atoms with E-state index in [-0.39, 0.29) is 16.8 Å². The summed E-state index contributed by atoms with van der Waals surface area (Å²) in [4.78, 5) is 31.8. The van der Waals surface area contributed by atoms with E-state index in [4.69, 9.17) is 10.2 Å². The van der Waals surface area contributed by atoms with Crippen molar-refractivity contribution in [3.05, 3.63) is 112 Å². The van der Waals surface area contributed by atoms with Crippen molar-refractivity contribution in [2.24, 2.45) is 7.05 Å². The molecule has 0 radical (unpaired) electrons. The van der Waals surface area contributed by atoms with Crippen molar-refractivity contribution in [3.63, 3.8) is 0 Å². The van der Waals surface area contributed by atoms with Gasteiger partial charge in [0.25, 0.3) is 5.91 Å². The third-order valence-electron chi connectivity index (χ3n) is 6.97. The molecule has 3 N–H and O–H groups in total. The van der Waals surface area contributed by atoms with Gasteiger partial charge in [0.15, 0.2) is 11.5 Å². The highest BCUT2D eigenvalue weighted by Crippen LogP contribution is 2.30. The van der Waals surface area contributed by atoms with Gasteiger partial charge in [-0.05, 0) is 37.6 Å². The van der Waals surface area contributed by atoms with Crippen LogP contribution in [-0.4, -0.2) is 30.3 Å². The second kappa shape index (κ2) is 10.1. The molecule has 0 spiro atoms. The third-order valence-corrected chi connectivity index (χ3v) is 6.97. The van der Waals surface area contributed by atoms with E-state index in [1.165, 1.54) is 4.52 Å². The Balaban J connectivity index is 1.48. The molecule has 4 heterocycles. The zero-order valence-corrected chi connectivity index (χ0v) is 22.5. The van der Waals surface area contributed by atoms with Crippen LogP contribution in [0.25, 0.3) is 27.7 Å². The molecule has 0 aliphatic heterocycles. The second-order valence-corrected chi connectivity index (χ2v) is 9.58. The van der Waals surface area contributed by atoms with Crippen LogP contribution in [0.1, 0.15) is 45.9 Å². The summed E-state index contributed by atoms with van der Waals surface area (Å²) >= 11 is 0. The molecule has 6 aromatic rings. The van der Waals surface area contributed by atoms with Crippen molar-refractivity contribution in [2.45, 2.75) is 19.9 Å². The molecule has 10 heteroatoms. The number of hydrogen-bond donors (Lipinski definition) is 2. The number of nitrogens with one attached hydrogen (secondary N) is 1. The number of benzene rings is 2. The molecule has 2 aromatic carbocycles. The molecule has 0 saturated carbocycles. The summed E-state index contributed by atoms with van der Waals surface area (Å²) in [6.45, 7) is 3.68. The number of nitrogens with zero attached hydrogens (tertiary/aromatic N) is 5. The quantitative estimate of drug-likeness (QED) is 0.321. The Morgan fingerprint density at radius 2 is 1.85 bits per heavy atom. The zero-order valence-electron chi connectivity index (χ0n) is 22.5. The minimum absolute atomic E-state index is 0.0451. The van der Waals surface area contributed by atoms with Crippen molar-refractivity contribution in [1.29, 1.82) is 0 Å². The van der Waals surface area contributed by atoms with E-state index in [2.05, 4.69) is 32.3 Å². The van der Waals surface area contributed by atoms with Gasteiger partial charge >= 0.3 is 0 Å². The van der Waals surface area contributed by atoms with Crippen molar-refractivity contribution in [1.82, 2.24) is 29.7 Å². The summed E-state index contributed by atoms with van der Waals surface area (Å²) in [7, 11) is 1.85. The maximum Gasteiger partial charge on any atom is 0.259 e. The predicted octanol–water partition coefficient (Wildman–Crippen LogP) is 4.02. The molecule has 0 aliphatic rings. The van der Waals surface area contributed by atoms with Gasteiger partial charge in [-0.2, -0.15) is 5.10 Å². The number of carbonyl (C=O) groups is 1. The Morgan fingerprint density at radius 1 is 1.07 bits per heavy atom. The highest BCUT2D eigenvalue weighted by Gasteiger charge is 2.26. The SMILES string of the molecule is Cc1c(C#Cc2cccc3oc([C@@H](C)NC(=O)c4c(N)nn5cccnc45)c(-c4ccccc4)c(=O)c23)cnn1C. The molecule has 4 aromatic heterocycles. The molecule has 202 valence electrons. The molecule has 10 nitrogen and oxygen atoms in total. The van der Waals surface area contributed by atoms with Crippen molar-refractivity contribution in [2.75, 3.05) is 5.73 Å². The smallest absolute Gasteiger partial charge is 0.259 e. The van der Waals surface area contributed by atoms with Gasteiger partial charge in [0, 0.05) is 25.0 Å². The fourth-order valence-corrected chi connectivity index (χ4v) is 4.76. The highest BCUT2D eigenvalue weighted by atomic mass is 16.3. The molecule has 6 rings (SSSR count). The van der Waals surface area contributed by atoms with Crippen molar-refractivity contribution < 1.29 is 9.21 Å². The van der Waals surface area contributed by atoms with Gasteiger partial charge < -0.3 is 15.5 Å². The Kier molecular flexibility index (Phi) is 6.32. The number of carbonyl (C=O) groups excluding carboxylic acids is 1. The lowest BCUT2D eigenvalue weighted by Crippen LogP contribution is -2.28. The average Bonchev–Trinajstić information content (AvgIpc) is 3.49. The van der Waals surface area contributed by atoms with E-state index >= 15 is 0 Å². The molecule has 1 amide bonds. The average molecular weight is 544 g/mol. The molecule has 0 unspecified atom stereocenters. The molecule has 0 aliphatic carbocycles. The fraction of sp³-hybridized carbons (Fsp3) is 0.129. The first-order chi connectivity index (χ1) is 19.8. The molecule has 0 bridgehead atoms. The maximum absolute atomic E-state index is 14.2. The van der Waals surface area contributed by atoms with Gasteiger partial charge in [-0.15, -0.1) is 5.10 Å². The first-order valence-electron chi connectivity index (χ1n) is 12.9. The summed E-state index contributed by atoms with van der Waals surface area (Å²) in [6, 6.07) is 15.5. The van der Waals surface area contributed by atoms with E-state index in [1.54, 1.807) is 54.5 Å². The zero-order chi connectivity index (χ0) is 28.7. The summed E-state index contributed by atoms with van der Waals surface area (Å²) in [5.74, 6) is 6.13. The number of nitrogens with two attached hydrogens (primary N) is 1. The number of aromatic nitrogens is 5. The Bertz CT molecular complexity index is 2080. The third kappa shape index (κ3) is 4.49. The van der Waals surface area contributed by atoms with Crippen molar-refractivity contribution >= 4 is 28.3 Å². The predicted molar refractivity (Wildman–Crippen MR) is 155 cm³/mol. The summed E-state index contributed by atoms with van der Waals surface area (Å²) in [6.07, 6.45) is 4.91. The minimum Gasteiger partial charge on any atom is -0.458 e. The first-order valence-corrected chi connectivity index (χ1v) is 12.9. The lowest BCUT2D eigenvalue weighted by atomic mass is 9.97. The van der Waals surface area contributed by atoms with Crippen LogP contribution in [0.4, 0.5) is 5.82 Å². The fourth-order valence-electron chi connectivity index (χ4n) is 4.76. The molecule has 41 heavy (non-hydrogen) atoms. The lowest BCUT2D eigenvalue weighted by Gasteiger charge is -2.18. The summed E-state index contributed by atoms with van der Waals surface area (Å²) in [5, 5.41) is 11.7. The van der Waals surface area contributed by atoms with E-state index in [9.17, 15) is 9.59 Å². The Labute approximate surface area is 234 Å². The Morgan fingerprint density at radius 3 is 2.61 bits per heavy atom. The van der Waals surface area contributed by atoms with E-state index in [1.807, 2.05) is 44.3 Å². The first kappa shape index (κ1) is 25.6. The maximum atomic E-state index is 14.2. The van der Waals surface area contributed by atoms with Crippen molar-refractivity contribution in [3.8, 4) is 23.0 Å². The number of nitrogen functional groups attached to an aromatic ring is 1. The summed E-state index contributed by atoms with van der Waals surface area (Å²) in [5.41, 5.74) is 9.85. The van der Waals surface area contributed by atoms with Crippen LogP contribution in [0.2, 0.25) is 0 Å². The molecular formula is C31H25N7O3. The Hall–Kier alpha value is -5.69. The monoisotopic (exact) mass is 543 g/mol. The van der Waals surface area contributed by atoms with Gasteiger partial charge in [-0.25, -0.2) is 9.50 Å². The van der Waals surface area contributed by atoms with Gasteiger partial charge in [-0.3, -0.25) is 14.3 Å². The van der Waals surface area contributed by atoms with Crippen LogP contribution in [0.3, 0.4) is 0 Å². The van der Waals surface area contributed by atoms with Crippen LogP contribution in [0, 0.1) is 18.8 Å². The number of amides is 1. The van der Waals surface area contributed by atoms with Crippen LogP contribution < -0.4 is 16.5 Å². The summed E-state index contributed by atoms with van der Waals surface area (Å²) < 4.78 is 9.56. The van der Waals surface area contributed by atoms with Crippen LogP contribution >= 0.6 is 0 Å². The number of rotatable bonds is 4. The van der Waals surface area contributed by atoms with Crippen LogP contribution in [0.5, 0.6) is 0 Å². The lowest BCUT2D eigenvalue weighted by molar-refractivity contribution is 0.0938. The number of anilines is 1. The number of hydrogen-bond acceptors (Lipinski definition) is 7. The van der Waals surface area contributed by atoms with Gasteiger partial charge in [0.1, 0.15) is 16.9 Å². The van der Waals surface area contributed by atoms with Crippen LogP contribution in [-0.2, 0) is 7.05 Å². The van der Waals surface area contributed by atoms with Gasteiger partial charge in [0.2, 0.25) is 5.43 Å². The van der Waals surface area contributed by atoms with E-state index in [0.717, 1.165) is 11.3 Å². The number of aryl methyl sites for hydroxylation is 1. The largest absolute Gasteiger partial charge is 0.458 e. The standard InChI is InChI=1S/C31H25N7O3/c1-18(35-31(40)26-29(32)36-38-16-8-15-33-30(26)38)28-25(20-9-5-4-6-10-20)27(39)24-21(11-7-12-23(24)41-28)13-14-22-17-34-37(3)19(22)2/h4-12,15-18H,1-3H3,(H2,32,36)(H,35,40)/t18-/m1/s1. The molecule has 0 saturated heterocycles. The van der Waals surface area contributed by atoms with E-state index in [0.29, 0.717) is 39.1 Å². The van der Waals surface area contributed by atoms with Gasteiger partial charge in [-0.1, -0.05) is 48.2 Å². The van der Waals surface area contributed by atoms with E-state index < -0.39 is 11.9 Å². The molecular weight excluding hydrogens is 518 g/mol. The molecule has 1 atom stereocenters. The molecule has 0 fully saturated rings. The minimum atomic E-state index is -0.708. The van der Waals surface area contributed by atoms with Gasteiger partial charge in [0.05, 0.1) is 34.4 Å². The normalized spacial score (nSPS) is 11.8. The topological polar surface area (TPSA) is 133 Å².